The molecule has 4 N–H and O–H groups in total. The van der Waals surface area contributed by atoms with Crippen LogP contribution < -0.4 is 16.2 Å². The number of rotatable bonds is 83. The number of nitrogens with zero attached hydrogens (tertiary/aromatic N) is 6. The minimum atomic E-state index is -0.0691. The maximum Gasteiger partial charge on any atom is 0.260 e. The quantitative estimate of drug-likeness (QED) is 0.0767. The molecule has 34 nitrogen and oxygen atoms in total. The van der Waals surface area contributed by atoms with E-state index in [1.807, 2.05) is 18.7 Å². The molecule has 0 bridgehead atoms. The fourth-order valence-corrected chi connectivity index (χ4v) is 9.99. The molecule has 3 heterocycles. The Kier molecular flexibility index (Phi) is 64.8. The number of benzene rings is 1. The number of hydrogen-bond donors (Lipinski definition) is 2. The predicted octanol–water partition coefficient (Wildman–Crippen LogP) is 2.98. The lowest BCUT2D eigenvalue weighted by molar-refractivity contribution is -0.134. The van der Waals surface area contributed by atoms with Crippen molar-refractivity contribution in [2.45, 2.75) is 65.6 Å². The van der Waals surface area contributed by atoms with Crippen molar-refractivity contribution in [1.29, 1.82) is 0 Å². The number of imidazole rings is 1. The lowest BCUT2D eigenvalue weighted by atomic mass is 10.1. The first-order chi connectivity index (χ1) is 53.9. The highest BCUT2D eigenvalue weighted by molar-refractivity contribution is 5.88. The topological polar surface area (TPSA) is 350 Å². The van der Waals surface area contributed by atoms with Crippen molar-refractivity contribution in [3.8, 4) is 5.88 Å². The number of fused-ring (bicyclic) bond motifs is 1. The zero-order valence-corrected chi connectivity index (χ0v) is 66.1. The van der Waals surface area contributed by atoms with E-state index in [2.05, 4.69) is 50.9 Å². The number of carbonyl (C=O) groups is 1. The highest BCUT2D eigenvalue weighted by Gasteiger charge is 2.23. The molecule has 1 aromatic carbocycles. The largest absolute Gasteiger partial charge is 0.472 e. The summed E-state index contributed by atoms with van der Waals surface area (Å²) < 4.78 is 141. The van der Waals surface area contributed by atoms with Crippen LogP contribution in [0.4, 0.5) is 5.82 Å². The van der Waals surface area contributed by atoms with Crippen molar-refractivity contribution in [2.75, 3.05) is 356 Å². The summed E-state index contributed by atoms with van der Waals surface area (Å²) >= 11 is 0. The number of ether oxygens (including phenoxy) is 25. The molecular formula is C75H136N8O26. The van der Waals surface area contributed by atoms with Crippen LogP contribution in [0.5, 0.6) is 5.88 Å². The molecule has 4 rings (SSSR count). The van der Waals surface area contributed by atoms with E-state index in [-0.39, 0.29) is 12.0 Å². The van der Waals surface area contributed by atoms with Crippen LogP contribution in [0.1, 0.15) is 57.0 Å². The lowest BCUT2D eigenvalue weighted by Crippen LogP contribution is -2.48. The summed E-state index contributed by atoms with van der Waals surface area (Å²) in [5.74, 6) is 1.82. The Morgan fingerprint density at radius 1 is 0.376 bits per heavy atom. The van der Waals surface area contributed by atoms with Gasteiger partial charge in [0.1, 0.15) is 16.9 Å². The van der Waals surface area contributed by atoms with Crippen LogP contribution in [0.15, 0.2) is 24.3 Å². The number of anilines is 1. The average molecular weight is 1570 g/mol. The molecule has 0 spiro atoms. The van der Waals surface area contributed by atoms with Crippen molar-refractivity contribution in [3.05, 3.63) is 41.2 Å². The fraction of sp³-hybridized carbons (Fsp3) is 0.840. The molecule has 1 amide bonds. The third-order valence-electron chi connectivity index (χ3n) is 15.6. The van der Waals surface area contributed by atoms with Crippen molar-refractivity contribution < 1.29 is 123 Å². The van der Waals surface area contributed by atoms with E-state index < -0.39 is 0 Å². The van der Waals surface area contributed by atoms with Gasteiger partial charge in [-0.2, -0.15) is 0 Å². The minimum Gasteiger partial charge on any atom is -0.472 e. The van der Waals surface area contributed by atoms with Gasteiger partial charge in [0.2, 0.25) is 5.91 Å². The first-order valence-corrected chi connectivity index (χ1v) is 39.2. The number of nitrogen functional groups attached to an aromatic ring is 1. The number of aryl methyl sites for hydroxylation is 1. The van der Waals surface area contributed by atoms with Gasteiger partial charge in [0.15, 0.2) is 5.82 Å². The number of piperazine rings is 1. The zero-order chi connectivity index (χ0) is 77.3. The molecule has 1 aliphatic heterocycles. The monoisotopic (exact) mass is 1560 g/mol. The van der Waals surface area contributed by atoms with Gasteiger partial charge in [-0.3, -0.25) is 9.69 Å². The number of hydrogen-bond acceptors (Lipinski definition) is 32. The summed E-state index contributed by atoms with van der Waals surface area (Å²) in [5, 5.41) is 8.42. The average Bonchev–Trinajstić information content (AvgIpc) is 1.62. The Labute approximate surface area is 647 Å². The first kappa shape index (κ1) is 97.2. The number of aromatic nitrogens is 4. The summed E-state index contributed by atoms with van der Waals surface area (Å²) in [6.07, 6.45) is 3.17. The van der Waals surface area contributed by atoms with Crippen LogP contribution in [-0.2, 0) is 138 Å². The summed E-state index contributed by atoms with van der Waals surface area (Å²) in [7, 11) is 0. The second-order valence-electron chi connectivity index (χ2n) is 24.7. The predicted molar refractivity (Wildman–Crippen MR) is 405 cm³/mol. The van der Waals surface area contributed by atoms with Crippen LogP contribution >= 0.6 is 0 Å². The molecule has 3 aromatic rings. The van der Waals surface area contributed by atoms with Gasteiger partial charge in [0.05, 0.1) is 330 Å². The second kappa shape index (κ2) is 72.7. The van der Waals surface area contributed by atoms with Gasteiger partial charge in [0.25, 0.3) is 5.88 Å². The Balaban J connectivity index is 0.739. The maximum absolute atomic E-state index is 12.9. The van der Waals surface area contributed by atoms with Crippen LogP contribution in [0.25, 0.3) is 11.0 Å². The Bertz CT molecular complexity index is 2490. The number of nitrogens with two attached hydrogens (primary N) is 2. The number of unbranched alkanes of at least 4 members (excludes halogenated alkanes) is 1. The van der Waals surface area contributed by atoms with Gasteiger partial charge in [-0.1, -0.05) is 37.6 Å². The molecule has 109 heavy (non-hydrogen) atoms. The van der Waals surface area contributed by atoms with Crippen molar-refractivity contribution in [1.82, 2.24) is 29.5 Å². The molecule has 34 heteroatoms. The molecule has 0 unspecified atom stereocenters. The molecule has 1 saturated heterocycles. The minimum absolute atomic E-state index is 0.0691. The van der Waals surface area contributed by atoms with Crippen molar-refractivity contribution in [2.24, 2.45) is 5.73 Å². The van der Waals surface area contributed by atoms with E-state index in [1.165, 1.54) is 5.56 Å². The highest BCUT2D eigenvalue weighted by atomic mass is 16.6. The van der Waals surface area contributed by atoms with Crippen molar-refractivity contribution >= 4 is 22.8 Å². The number of amides is 1. The highest BCUT2D eigenvalue weighted by Crippen LogP contribution is 2.30. The van der Waals surface area contributed by atoms with E-state index in [0.717, 1.165) is 55.8 Å². The van der Waals surface area contributed by atoms with Crippen LogP contribution in [0.2, 0.25) is 0 Å². The Hall–Kier alpha value is -4.20. The van der Waals surface area contributed by atoms with E-state index in [1.54, 1.807) is 0 Å². The third-order valence-corrected chi connectivity index (χ3v) is 15.6. The lowest BCUT2D eigenvalue weighted by Gasteiger charge is -2.34. The first-order valence-electron chi connectivity index (χ1n) is 39.2. The van der Waals surface area contributed by atoms with Crippen LogP contribution in [-0.4, -0.2) is 391 Å². The van der Waals surface area contributed by atoms with Gasteiger partial charge in [0, 0.05) is 52.2 Å². The Morgan fingerprint density at radius 3 is 0.908 bits per heavy atom. The molecule has 632 valence electrons. The molecule has 2 aromatic heterocycles. The molecule has 0 aliphatic carbocycles. The molecule has 0 atom stereocenters. The van der Waals surface area contributed by atoms with Gasteiger partial charge < -0.3 is 139 Å². The molecular weight excluding hydrogens is 1430 g/mol. The SMILES string of the molecule is CCCCc1nc2c(N)nnc(OC(C)C)c2n1Cc1ccc(CN2CCN(C(=O)CCOCCOCCOCCOCCOCCOCCOCCOCCOCCOCCOCCOCCOCCOCCOCCOCCOCCOCCOCCOCCOCCOCCOCCOCCN)CC2)cc1. The second-order valence-corrected chi connectivity index (χ2v) is 24.7. The third kappa shape index (κ3) is 55.0. The summed E-state index contributed by atoms with van der Waals surface area (Å²) in [6.45, 7) is 34.1. The smallest absolute Gasteiger partial charge is 0.260 e. The fourth-order valence-electron chi connectivity index (χ4n) is 9.99. The summed E-state index contributed by atoms with van der Waals surface area (Å²) in [6, 6.07) is 8.70. The van der Waals surface area contributed by atoms with E-state index in [9.17, 15) is 4.79 Å². The van der Waals surface area contributed by atoms with E-state index in [0.29, 0.717) is 367 Å². The van der Waals surface area contributed by atoms with Crippen LogP contribution in [0.3, 0.4) is 0 Å². The van der Waals surface area contributed by atoms with Crippen LogP contribution in [0, 0.1) is 0 Å². The summed E-state index contributed by atoms with van der Waals surface area (Å²) in [5.41, 5.74) is 15.4. The van der Waals surface area contributed by atoms with Gasteiger partial charge >= 0.3 is 0 Å². The Morgan fingerprint density at radius 2 is 0.642 bits per heavy atom. The van der Waals surface area contributed by atoms with E-state index in [4.69, 9.17) is 135 Å². The standard InChI is InChI=1S/C75H136N8O26/c1-4-5-6-70-78-72-73(75(109-67(2)3)80-79-74(72)77)83(70)66-69-9-7-68(8-10-69)65-81-13-15-82(16-14-81)71(84)11-17-85-19-21-87-23-25-89-27-29-91-31-33-93-35-37-95-39-41-97-43-45-99-47-49-101-51-53-103-55-57-105-59-61-107-63-64-108-62-60-106-58-56-104-54-52-102-50-48-100-46-44-98-42-40-96-38-36-94-34-32-92-30-28-90-26-24-88-22-20-86-18-12-76/h7-10,67H,4-6,11-66,76H2,1-3H3,(H2,77,79). The summed E-state index contributed by atoms with van der Waals surface area (Å²) in [4.78, 5) is 22.2. The van der Waals surface area contributed by atoms with Gasteiger partial charge in [-0.15, -0.1) is 10.2 Å². The maximum atomic E-state index is 12.9. The molecule has 0 radical (unpaired) electrons. The molecule has 0 saturated carbocycles. The molecule has 1 aliphatic rings. The molecule has 1 fully saturated rings. The van der Waals surface area contributed by atoms with E-state index >= 15 is 0 Å². The number of carbonyl (C=O) groups excluding carboxylic acids is 1. The van der Waals surface area contributed by atoms with Gasteiger partial charge in [-0.05, 0) is 31.4 Å². The normalized spacial score (nSPS) is 12.9. The zero-order valence-electron chi connectivity index (χ0n) is 66.1. The van der Waals surface area contributed by atoms with Crippen molar-refractivity contribution in [3.63, 3.8) is 0 Å². The van der Waals surface area contributed by atoms with Gasteiger partial charge in [-0.25, -0.2) is 4.98 Å².